The molecule has 4 aromatic rings. The number of thiophene rings is 1. The molecule has 0 atom stereocenters. The Morgan fingerprint density at radius 2 is 1.86 bits per heavy atom. The first kappa shape index (κ1) is 23.4. The van der Waals surface area contributed by atoms with E-state index in [4.69, 9.17) is 4.74 Å². The van der Waals surface area contributed by atoms with E-state index in [1.165, 1.54) is 11.3 Å². The van der Waals surface area contributed by atoms with Gasteiger partial charge < -0.3 is 19.7 Å². The molecule has 0 aliphatic heterocycles. The molecule has 1 saturated carbocycles. The number of rotatable bonds is 5. The molecule has 2 N–H and O–H groups in total. The Balaban J connectivity index is 1.61. The zero-order valence-corrected chi connectivity index (χ0v) is 21.3. The van der Waals surface area contributed by atoms with E-state index in [-0.39, 0.29) is 11.0 Å². The number of carbonyl (C=O) groups is 1. The molecule has 2 aromatic carbocycles. The molecule has 0 bridgehead atoms. The quantitative estimate of drug-likeness (QED) is 0.329. The molecule has 0 saturated heterocycles. The molecule has 182 valence electrons. The topological polar surface area (TPSA) is 82.6 Å². The highest BCUT2D eigenvalue weighted by Crippen LogP contribution is 2.47. The first-order chi connectivity index (χ1) is 16.6. The zero-order chi connectivity index (χ0) is 25.0. The average Bonchev–Trinajstić information content (AvgIpc) is 3.28. The van der Waals surface area contributed by atoms with E-state index in [1.54, 1.807) is 12.0 Å². The number of nitrogens with zero attached hydrogens (tertiary/aromatic N) is 1. The number of hydrogen-bond acceptors (Lipinski definition) is 4. The van der Waals surface area contributed by atoms with Crippen molar-refractivity contribution in [3.8, 4) is 16.9 Å². The number of methoxy groups -OCH3 is 1. The van der Waals surface area contributed by atoms with Gasteiger partial charge in [-0.05, 0) is 68.3 Å². The van der Waals surface area contributed by atoms with Crippen molar-refractivity contribution >= 4 is 38.4 Å². The summed E-state index contributed by atoms with van der Waals surface area (Å²) in [7, 11) is 1.66. The Hall–Kier alpha value is -3.32. The largest absolute Gasteiger partial charge is 0.496 e. The van der Waals surface area contributed by atoms with Gasteiger partial charge in [-0.15, -0.1) is 11.3 Å². The molecule has 1 aliphatic carbocycles. The monoisotopic (exact) mass is 490 g/mol. The summed E-state index contributed by atoms with van der Waals surface area (Å²) in [5, 5.41) is 13.7. The molecule has 35 heavy (non-hydrogen) atoms. The Bertz CT molecular complexity index is 1470. The lowest BCUT2D eigenvalue weighted by Crippen LogP contribution is -2.54. The summed E-state index contributed by atoms with van der Waals surface area (Å²) < 4.78 is 6.45. The summed E-state index contributed by atoms with van der Waals surface area (Å²) in [5.41, 5.74) is 3.17. The van der Waals surface area contributed by atoms with Gasteiger partial charge in [0.15, 0.2) is 0 Å². The van der Waals surface area contributed by atoms with Crippen LogP contribution in [0.2, 0.25) is 0 Å². The van der Waals surface area contributed by atoms with Crippen LogP contribution < -0.4 is 10.3 Å². The molecule has 1 amide bonds. The lowest BCUT2D eigenvalue weighted by atomic mass is 9.63. The lowest BCUT2D eigenvalue weighted by Gasteiger charge is -2.48. The van der Waals surface area contributed by atoms with E-state index in [0.29, 0.717) is 11.2 Å². The SMILES string of the molecule is COc1ccc2[nH]c(=O)c3sccc3c2c1-c1ccc(C2(CN(C(=O)O)C(C)(C)C)CCC2)cc1. The fourth-order valence-electron chi connectivity index (χ4n) is 5.31. The number of amides is 1. The van der Waals surface area contributed by atoms with Gasteiger partial charge in [-0.1, -0.05) is 30.7 Å². The number of carboxylic acid groups (broad SMARTS) is 1. The summed E-state index contributed by atoms with van der Waals surface area (Å²) >= 11 is 1.44. The van der Waals surface area contributed by atoms with Crippen LogP contribution in [0.25, 0.3) is 32.1 Å². The van der Waals surface area contributed by atoms with Gasteiger partial charge in [0, 0.05) is 39.4 Å². The molecule has 1 fully saturated rings. The van der Waals surface area contributed by atoms with Crippen molar-refractivity contribution in [1.29, 1.82) is 0 Å². The van der Waals surface area contributed by atoms with E-state index >= 15 is 0 Å². The van der Waals surface area contributed by atoms with E-state index in [9.17, 15) is 14.7 Å². The van der Waals surface area contributed by atoms with Crippen LogP contribution in [0.4, 0.5) is 4.79 Å². The molecule has 5 rings (SSSR count). The average molecular weight is 491 g/mol. The minimum Gasteiger partial charge on any atom is -0.496 e. The Morgan fingerprint density at radius 3 is 2.43 bits per heavy atom. The van der Waals surface area contributed by atoms with Crippen molar-refractivity contribution in [2.45, 2.75) is 51.0 Å². The lowest BCUT2D eigenvalue weighted by molar-refractivity contribution is 0.0628. The van der Waals surface area contributed by atoms with Crippen molar-refractivity contribution in [3.63, 3.8) is 0 Å². The van der Waals surface area contributed by atoms with Gasteiger partial charge in [0.2, 0.25) is 0 Å². The van der Waals surface area contributed by atoms with Gasteiger partial charge in [-0.25, -0.2) is 4.79 Å². The minimum absolute atomic E-state index is 0.0808. The molecule has 2 heterocycles. The van der Waals surface area contributed by atoms with Gasteiger partial charge in [0.1, 0.15) is 10.4 Å². The predicted octanol–water partition coefficient (Wildman–Crippen LogP) is 6.62. The summed E-state index contributed by atoms with van der Waals surface area (Å²) in [6.07, 6.45) is 2.16. The van der Waals surface area contributed by atoms with Crippen LogP contribution in [-0.2, 0) is 5.41 Å². The highest BCUT2D eigenvalue weighted by Gasteiger charge is 2.43. The normalized spacial score (nSPS) is 15.2. The van der Waals surface area contributed by atoms with Crippen LogP contribution in [0.1, 0.15) is 45.6 Å². The number of H-pyrrole nitrogens is 1. The van der Waals surface area contributed by atoms with Crippen molar-refractivity contribution < 1.29 is 14.6 Å². The summed E-state index contributed by atoms with van der Waals surface area (Å²) in [6, 6.07) is 14.2. The van der Waals surface area contributed by atoms with Gasteiger partial charge in [-0.2, -0.15) is 0 Å². The smallest absolute Gasteiger partial charge is 0.407 e. The van der Waals surface area contributed by atoms with Gasteiger partial charge in [0.25, 0.3) is 5.56 Å². The number of nitrogens with one attached hydrogen (secondary N) is 1. The number of benzene rings is 2. The number of aromatic nitrogens is 1. The van der Waals surface area contributed by atoms with E-state index in [0.717, 1.165) is 58.0 Å². The number of fused-ring (bicyclic) bond motifs is 3. The molecule has 0 radical (unpaired) electrons. The third-order valence-electron chi connectivity index (χ3n) is 7.37. The molecule has 1 aliphatic rings. The van der Waals surface area contributed by atoms with Crippen molar-refractivity contribution in [2.75, 3.05) is 13.7 Å². The molecule has 2 aromatic heterocycles. The van der Waals surface area contributed by atoms with Crippen LogP contribution in [0, 0.1) is 0 Å². The van der Waals surface area contributed by atoms with Crippen molar-refractivity contribution in [2.24, 2.45) is 0 Å². The molecular formula is C28H30N2O4S. The first-order valence-corrected chi connectivity index (χ1v) is 12.7. The van der Waals surface area contributed by atoms with Crippen LogP contribution in [0.5, 0.6) is 5.75 Å². The summed E-state index contributed by atoms with van der Waals surface area (Å²) in [4.78, 5) is 29.1. The maximum Gasteiger partial charge on any atom is 0.407 e. The van der Waals surface area contributed by atoms with E-state index in [1.807, 2.05) is 44.4 Å². The van der Waals surface area contributed by atoms with Gasteiger partial charge in [-0.3, -0.25) is 4.79 Å². The molecule has 0 unspecified atom stereocenters. The van der Waals surface area contributed by atoms with Crippen molar-refractivity contribution in [1.82, 2.24) is 9.88 Å². The standard InChI is InChI=1S/C28H30N2O4S/c1-27(2,3)30(26(32)33)16-28(13-5-14-28)18-8-6-17(7-9-18)22-21(34-4)11-10-20-23(22)19-12-15-35-24(19)25(31)29-20/h6-12,15H,5,13-14,16H2,1-4H3,(H,29,31)(H,32,33). The second kappa shape index (κ2) is 8.41. The van der Waals surface area contributed by atoms with Crippen LogP contribution in [0.3, 0.4) is 0 Å². The van der Waals surface area contributed by atoms with Crippen LogP contribution in [-0.4, -0.2) is 40.3 Å². The van der Waals surface area contributed by atoms with E-state index in [2.05, 4.69) is 29.2 Å². The maximum atomic E-state index is 12.5. The van der Waals surface area contributed by atoms with Crippen LogP contribution >= 0.6 is 11.3 Å². The highest BCUT2D eigenvalue weighted by molar-refractivity contribution is 7.17. The first-order valence-electron chi connectivity index (χ1n) is 11.9. The molecular weight excluding hydrogens is 460 g/mol. The fraction of sp³-hybridized carbons (Fsp3) is 0.357. The maximum absolute atomic E-state index is 12.5. The molecule has 7 heteroatoms. The minimum atomic E-state index is -0.880. The van der Waals surface area contributed by atoms with Gasteiger partial charge in [0.05, 0.1) is 7.11 Å². The second-order valence-corrected chi connectivity index (χ2v) is 11.3. The third kappa shape index (κ3) is 3.88. The number of pyridine rings is 1. The zero-order valence-electron chi connectivity index (χ0n) is 20.5. The molecule has 0 spiro atoms. The second-order valence-electron chi connectivity index (χ2n) is 10.4. The van der Waals surface area contributed by atoms with E-state index < -0.39 is 11.6 Å². The van der Waals surface area contributed by atoms with Crippen molar-refractivity contribution in [3.05, 3.63) is 63.8 Å². The number of aromatic amines is 1. The summed E-state index contributed by atoms with van der Waals surface area (Å²) in [6.45, 7) is 6.32. The third-order valence-corrected chi connectivity index (χ3v) is 8.29. The fourth-order valence-corrected chi connectivity index (χ4v) is 6.11. The Kier molecular flexibility index (Phi) is 5.63. The van der Waals surface area contributed by atoms with Gasteiger partial charge >= 0.3 is 6.09 Å². The predicted molar refractivity (Wildman–Crippen MR) is 142 cm³/mol. The number of hydrogen-bond donors (Lipinski definition) is 2. The molecule has 6 nitrogen and oxygen atoms in total. The van der Waals surface area contributed by atoms with Crippen LogP contribution in [0.15, 0.2) is 52.6 Å². The summed E-state index contributed by atoms with van der Waals surface area (Å²) in [5.74, 6) is 0.743. The Morgan fingerprint density at radius 1 is 1.14 bits per heavy atom. The Labute approximate surface area is 208 Å². The highest BCUT2D eigenvalue weighted by atomic mass is 32.1. The number of ether oxygens (including phenoxy) is 1.